The molecule has 0 saturated heterocycles. The number of nitrogens with two attached hydrogens (primary N) is 1. The summed E-state index contributed by atoms with van der Waals surface area (Å²) in [4.78, 5) is 7.72. The van der Waals surface area contributed by atoms with Gasteiger partial charge in [-0.05, 0) is 0 Å². The third kappa shape index (κ3) is 1.48. The zero-order chi connectivity index (χ0) is 9.14. The summed E-state index contributed by atoms with van der Waals surface area (Å²) in [6.45, 7) is 3.42. The lowest BCUT2D eigenvalue weighted by molar-refractivity contribution is 0.925. The zero-order valence-electron chi connectivity index (χ0n) is 6.66. The number of anilines is 1. The number of halogens is 1. The van der Waals surface area contributed by atoms with Crippen molar-refractivity contribution in [2.45, 2.75) is 0 Å². The second kappa shape index (κ2) is 3.40. The zero-order valence-corrected chi connectivity index (χ0v) is 7.41. The van der Waals surface area contributed by atoms with Gasteiger partial charge in [-0.3, -0.25) is 0 Å². The van der Waals surface area contributed by atoms with E-state index in [9.17, 15) is 0 Å². The topological polar surface area (TPSA) is 56.2 Å². The third-order valence-corrected chi connectivity index (χ3v) is 1.66. The molecule has 0 spiro atoms. The molecule has 1 heterocycles. The summed E-state index contributed by atoms with van der Waals surface area (Å²) >= 11 is 5.75. The Kier molecular flexibility index (Phi) is 2.50. The number of rotatable bonds is 2. The van der Waals surface area contributed by atoms with Gasteiger partial charge in [0.2, 0.25) is 0 Å². The van der Waals surface area contributed by atoms with E-state index in [1.54, 1.807) is 17.9 Å². The number of nitrogens with zero attached hydrogens (tertiary/aromatic N) is 3. The molecule has 0 amide bonds. The molecule has 0 aromatic carbocycles. The summed E-state index contributed by atoms with van der Waals surface area (Å²) in [6.07, 6.45) is 2.92. The summed E-state index contributed by atoms with van der Waals surface area (Å²) in [5, 5.41) is 0.253. The van der Waals surface area contributed by atoms with Crippen molar-refractivity contribution in [2.24, 2.45) is 12.0 Å². The van der Waals surface area contributed by atoms with Crippen LogP contribution in [0.2, 0.25) is 0 Å². The molecule has 5 heteroatoms. The summed E-state index contributed by atoms with van der Waals surface area (Å²) in [5.74, 6) is 0.491. The van der Waals surface area contributed by atoms with Crippen LogP contribution in [-0.2, 0) is 7.05 Å². The van der Waals surface area contributed by atoms with Crippen molar-refractivity contribution in [3.8, 4) is 0 Å². The van der Waals surface area contributed by atoms with Gasteiger partial charge in [0.25, 0.3) is 0 Å². The number of imidazole rings is 1. The Balaban J connectivity index is 3.11. The fourth-order valence-corrected chi connectivity index (χ4v) is 0.955. The van der Waals surface area contributed by atoms with E-state index >= 15 is 0 Å². The van der Waals surface area contributed by atoms with Crippen molar-refractivity contribution >= 4 is 22.6 Å². The predicted molar refractivity (Wildman–Crippen MR) is 50.2 cm³/mol. The molecule has 0 saturated carbocycles. The van der Waals surface area contributed by atoms with Crippen molar-refractivity contribution in [1.29, 1.82) is 0 Å². The maximum absolute atomic E-state index is 5.75. The molecule has 0 atom stereocenters. The SMILES string of the molecule is C=C/N=C(/Cl)c1ncn(C)c1N. The van der Waals surface area contributed by atoms with E-state index in [-0.39, 0.29) is 5.17 Å². The van der Waals surface area contributed by atoms with Crippen molar-refractivity contribution in [3.63, 3.8) is 0 Å². The van der Waals surface area contributed by atoms with Gasteiger partial charge in [0.05, 0.1) is 6.33 Å². The van der Waals surface area contributed by atoms with Crippen LogP contribution >= 0.6 is 11.6 Å². The first-order valence-corrected chi connectivity index (χ1v) is 3.66. The quantitative estimate of drug-likeness (QED) is 0.701. The highest BCUT2D eigenvalue weighted by Gasteiger charge is 2.08. The van der Waals surface area contributed by atoms with Crippen LogP contribution in [0.4, 0.5) is 5.82 Å². The Morgan fingerprint density at radius 3 is 3.00 bits per heavy atom. The van der Waals surface area contributed by atoms with Crippen LogP contribution in [0, 0.1) is 0 Å². The molecule has 64 valence electrons. The van der Waals surface area contributed by atoms with Gasteiger partial charge in [0.1, 0.15) is 11.5 Å². The molecule has 1 aromatic rings. The maximum Gasteiger partial charge on any atom is 0.158 e. The first-order valence-electron chi connectivity index (χ1n) is 3.28. The molecule has 1 aromatic heterocycles. The standard InChI is InChI=1S/C7H9ClN4/c1-3-10-6(8)5-7(9)12(2)4-11-5/h3-4H,1,9H2,2H3/b10-6+. The maximum atomic E-state index is 5.75. The number of aryl methyl sites for hydroxylation is 1. The van der Waals surface area contributed by atoms with Crippen LogP contribution in [0.1, 0.15) is 5.69 Å². The Morgan fingerprint density at radius 2 is 2.58 bits per heavy atom. The van der Waals surface area contributed by atoms with Gasteiger partial charge in [0.15, 0.2) is 5.17 Å². The first-order chi connectivity index (χ1) is 5.66. The number of aliphatic imine (C=N–C) groups is 1. The molecule has 4 nitrogen and oxygen atoms in total. The lowest BCUT2D eigenvalue weighted by Gasteiger charge is -1.95. The fourth-order valence-electron chi connectivity index (χ4n) is 0.740. The van der Waals surface area contributed by atoms with Crippen LogP contribution < -0.4 is 5.73 Å². The van der Waals surface area contributed by atoms with Gasteiger partial charge in [-0.15, -0.1) is 0 Å². The lowest BCUT2D eigenvalue weighted by atomic mass is 10.4. The minimum absolute atomic E-state index is 0.253. The molecule has 0 bridgehead atoms. The second-order valence-corrected chi connectivity index (χ2v) is 2.55. The average molecular weight is 185 g/mol. The normalized spacial score (nSPS) is 11.7. The van der Waals surface area contributed by atoms with Crippen LogP contribution in [-0.4, -0.2) is 14.7 Å². The molecular weight excluding hydrogens is 176 g/mol. The molecule has 12 heavy (non-hydrogen) atoms. The molecule has 1 rings (SSSR count). The minimum Gasteiger partial charge on any atom is -0.383 e. The largest absolute Gasteiger partial charge is 0.383 e. The summed E-state index contributed by atoms with van der Waals surface area (Å²) in [7, 11) is 1.78. The highest BCUT2D eigenvalue weighted by Crippen LogP contribution is 2.11. The Morgan fingerprint density at radius 1 is 1.92 bits per heavy atom. The smallest absolute Gasteiger partial charge is 0.158 e. The summed E-state index contributed by atoms with van der Waals surface area (Å²) in [5.41, 5.74) is 6.12. The fraction of sp³-hybridized carbons (Fsp3) is 0.143. The molecule has 0 aliphatic heterocycles. The van der Waals surface area contributed by atoms with Gasteiger partial charge >= 0.3 is 0 Å². The first kappa shape index (κ1) is 8.80. The molecule has 0 radical (unpaired) electrons. The minimum atomic E-state index is 0.253. The number of hydrogen-bond donors (Lipinski definition) is 1. The van der Waals surface area contributed by atoms with Crippen molar-refractivity contribution < 1.29 is 0 Å². The molecule has 0 unspecified atom stereocenters. The predicted octanol–water partition coefficient (Wildman–Crippen LogP) is 1.13. The van der Waals surface area contributed by atoms with Gasteiger partial charge in [-0.1, -0.05) is 18.2 Å². The van der Waals surface area contributed by atoms with Crippen LogP contribution in [0.25, 0.3) is 0 Å². The lowest BCUT2D eigenvalue weighted by Crippen LogP contribution is -2.01. The molecule has 2 N–H and O–H groups in total. The molecule has 0 aliphatic carbocycles. The third-order valence-electron chi connectivity index (χ3n) is 1.38. The average Bonchev–Trinajstić information content (AvgIpc) is 2.34. The van der Waals surface area contributed by atoms with E-state index in [0.29, 0.717) is 11.5 Å². The number of hydrogen-bond acceptors (Lipinski definition) is 3. The van der Waals surface area contributed by atoms with Gasteiger partial charge < -0.3 is 10.3 Å². The van der Waals surface area contributed by atoms with E-state index in [2.05, 4.69) is 16.6 Å². The van der Waals surface area contributed by atoms with Gasteiger partial charge in [-0.25, -0.2) is 9.98 Å². The monoisotopic (exact) mass is 184 g/mol. The van der Waals surface area contributed by atoms with Crippen molar-refractivity contribution in [3.05, 3.63) is 24.8 Å². The Labute approximate surface area is 75.4 Å². The second-order valence-electron chi connectivity index (χ2n) is 2.19. The molecular formula is C7H9ClN4. The van der Waals surface area contributed by atoms with Gasteiger partial charge in [-0.2, -0.15) is 0 Å². The van der Waals surface area contributed by atoms with E-state index < -0.39 is 0 Å². The number of nitrogen functional groups attached to an aromatic ring is 1. The van der Waals surface area contributed by atoms with E-state index in [0.717, 1.165) is 0 Å². The van der Waals surface area contributed by atoms with Crippen LogP contribution in [0.15, 0.2) is 24.1 Å². The summed E-state index contributed by atoms with van der Waals surface area (Å²) in [6, 6.07) is 0. The van der Waals surface area contributed by atoms with Crippen molar-refractivity contribution in [1.82, 2.24) is 9.55 Å². The van der Waals surface area contributed by atoms with E-state index in [1.165, 1.54) is 6.20 Å². The van der Waals surface area contributed by atoms with E-state index in [4.69, 9.17) is 17.3 Å². The summed E-state index contributed by atoms with van der Waals surface area (Å²) < 4.78 is 1.66. The molecule has 0 fully saturated rings. The molecule has 0 aliphatic rings. The van der Waals surface area contributed by atoms with Crippen LogP contribution in [0.3, 0.4) is 0 Å². The van der Waals surface area contributed by atoms with E-state index in [1.807, 2.05) is 0 Å². The highest BCUT2D eigenvalue weighted by molar-refractivity contribution is 6.69. The van der Waals surface area contributed by atoms with Crippen LogP contribution in [0.5, 0.6) is 0 Å². The highest BCUT2D eigenvalue weighted by atomic mass is 35.5. The van der Waals surface area contributed by atoms with Crippen molar-refractivity contribution in [2.75, 3.05) is 5.73 Å². The Bertz CT molecular complexity index is 326. The number of aromatic nitrogens is 2. The van der Waals surface area contributed by atoms with Gasteiger partial charge in [0, 0.05) is 13.2 Å². The Hall–Kier alpha value is -1.29.